The number of hydrogen-bond donors (Lipinski definition) is 0. The minimum Gasteiger partial charge on any atom is -0.381 e. The lowest BCUT2D eigenvalue weighted by Crippen LogP contribution is -1.74. The second-order valence-electron chi connectivity index (χ2n) is 1.32. The van der Waals surface area contributed by atoms with Crippen molar-refractivity contribution < 1.29 is 4.74 Å². The predicted molar refractivity (Wildman–Crippen MR) is 25.8 cm³/mol. The van der Waals surface area contributed by atoms with Crippen LogP contribution in [0.3, 0.4) is 0 Å². The van der Waals surface area contributed by atoms with Gasteiger partial charge in [-0.15, -0.1) is 0 Å². The van der Waals surface area contributed by atoms with E-state index in [0.717, 1.165) is 13.2 Å². The van der Waals surface area contributed by atoms with Gasteiger partial charge in [-0.3, -0.25) is 0 Å². The van der Waals surface area contributed by atoms with E-state index in [9.17, 15) is 0 Å². The molecule has 0 amide bonds. The van der Waals surface area contributed by atoms with Crippen LogP contribution in [-0.4, -0.2) is 30.6 Å². The zero-order valence-corrected chi connectivity index (χ0v) is 4.97. The summed E-state index contributed by atoms with van der Waals surface area (Å²) in [6.07, 6.45) is 2.56. The lowest BCUT2D eigenvalue weighted by Gasteiger charge is -1.76. The van der Waals surface area contributed by atoms with E-state index < -0.39 is 0 Å². The van der Waals surface area contributed by atoms with Crippen molar-refractivity contribution in [3.63, 3.8) is 0 Å². The number of rotatable bonds is 0. The molecule has 33 valence electrons. The standard InChI is InChI=1S/C4H8O.Al/c1-2-4-5-3-1;/h1-4H2;. The van der Waals surface area contributed by atoms with Crippen molar-refractivity contribution in [2.24, 2.45) is 0 Å². The Morgan fingerprint density at radius 1 is 1.00 bits per heavy atom. The van der Waals surface area contributed by atoms with E-state index >= 15 is 0 Å². The molecule has 1 aliphatic rings. The zero-order chi connectivity index (χ0) is 3.54. The summed E-state index contributed by atoms with van der Waals surface area (Å²) in [5.74, 6) is 0. The van der Waals surface area contributed by atoms with Gasteiger partial charge in [0.25, 0.3) is 0 Å². The van der Waals surface area contributed by atoms with Crippen LogP contribution >= 0.6 is 0 Å². The van der Waals surface area contributed by atoms with Crippen molar-refractivity contribution in [2.75, 3.05) is 13.2 Å². The van der Waals surface area contributed by atoms with Crippen LogP contribution in [0.1, 0.15) is 12.8 Å². The molecule has 0 saturated carbocycles. The maximum atomic E-state index is 4.94. The SMILES string of the molecule is C1CCOC1.[Al]. The van der Waals surface area contributed by atoms with Crippen LogP contribution in [0.5, 0.6) is 0 Å². The quantitative estimate of drug-likeness (QED) is 0.400. The van der Waals surface area contributed by atoms with Gasteiger partial charge in [-0.05, 0) is 12.8 Å². The first-order chi connectivity index (χ1) is 2.50. The van der Waals surface area contributed by atoms with Crippen LogP contribution in [0.4, 0.5) is 0 Å². The predicted octanol–water partition coefficient (Wildman–Crippen LogP) is 0.416. The Kier molecular flexibility index (Phi) is 3.98. The van der Waals surface area contributed by atoms with Gasteiger partial charge in [0, 0.05) is 30.6 Å². The summed E-state index contributed by atoms with van der Waals surface area (Å²) in [5.41, 5.74) is 0. The average Bonchev–Trinajstić information content (AvgIpc) is 1.76. The molecule has 1 heterocycles. The normalized spacial score (nSPS) is 20.0. The van der Waals surface area contributed by atoms with Crippen molar-refractivity contribution in [1.29, 1.82) is 0 Å². The molecule has 0 N–H and O–H groups in total. The first kappa shape index (κ1) is 6.49. The van der Waals surface area contributed by atoms with E-state index in [1.807, 2.05) is 0 Å². The van der Waals surface area contributed by atoms with E-state index in [4.69, 9.17) is 4.74 Å². The molecule has 0 spiro atoms. The van der Waals surface area contributed by atoms with E-state index in [2.05, 4.69) is 0 Å². The highest BCUT2D eigenvalue weighted by molar-refractivity contribution is 5.75. The summed E-state index contributed by atoms with van der Waals surface area (Å²) < 4.78 is 4.94. The summed E-state index contributed by atoms with van der Waals surface area (Å²) in [6.45, 7) is 2.00. The number of hydrogen-bond acceptors (Lipinski definition) is 1. The molecule has 0 aromatic carbocycles. The Balaban J connectivity index is 0.000000250. The molecular weight excluding hydrogens is 91.0 g/mol. The molecule has 1 nitrogen and oxygen atoms in total. The van der Waals surface area contributed by atoms with Crippen LogP contribution in [0, 0.1) is 0 Å². The van der Waals surface area contributed by atoms with Gasteiger partial charge in [-0.2, -0.15) is 0 Å². The van der Waals surface area contributed by atoms with Crippen LogP contribution in [-0.2, 0) is 4.74 Å². The summed E-state index contributed by atoms with van der Waals surface area (Å²) in [6, 6.07) is 0. The van der Waals surface area contributed by atoms with Gasteiger partial charge in [0.2, 0.25) is 0 Å². The lowest BCUT2D eigenvalue weighted by molar-refractivity contribution is 0.198. The van der Waals surface area contributed by atoms with E-state index in [0.29, 0.717) is 0 Å². The molecule has 2 heteroatoms. The summed E-state index contributed by atoms with van der Waals surface area (Å²) >= 11 is 0. The first-order valence-electron chi connectivity index (χ1n) is 2.08. The summed E-state index contributed by atoms with van der Waals surface area (Å²) in [5, 5.41) is 0. The minimum atomic E-state index is 0. The molecular formula is C4H8AlO. The Morgan fingerprint density at radius 2 is 1.50 bits per heavy atom. The van der Waals surface area contributed by atoms with Crippen LogP contribution in [0.25, 0.3) is 0 Å². The molecule has 0 aliphatic carbocycles. The largest absolute Gasteiger partial charge is 0.381 e. The molecule has 0 bridgehead atoms. The molecule has 0 atom stereocenters. The molecule has 1 saturated heterocycles. The van der Waals surface area contributed by atoms with Crippen molar-refractivity contribution >= 4 is 17.4 Å². The van der Waals surface area contributed by atoms with Crippen molar-refractivity contribution in [3.8, 4) is 0 Å². The van der Waals surface area contributed by atoms with Crippen LogP contribution < -0.4 is 0 Å². The highest BCUT2D eigenvalue weighted by atomic mass is 27.0. The van der Waals surface area contributed by atoms with E-state index in [1.165, 1.54) is 12.8 Å². The zero-order valence-electron chi connectivity index (χ0n) is 3.81. The highest BCUT2D eigenvalue weighted by Crippen LogP contribution is 1.98. The van der Waals surface area contributed by atoms with Gasteiger partial charge in [0.15, 0.2) is 0 Å². The maximum absolute atomic E-state index is 4.94. The van der Waals surface area contributed by atoms with Gasteiger partial charge >= 0.3 is 0 Å². The van der Waals surface area contributed by atoms with Crippen molar-refractivity contribution in [1.82, 2.24) is 0 Å². The maximum Gasteiger partial charge on any atom is 0.0466 e. The second kappa shape index (κ2) is 3.67. The van der Waals surface area contributed by atoms with Gasteiger partial charge in [-0.1, -0.05) is 0 Å². The monoisotopic (exact) mass is 99.0 g/mol. The fourth-order valence-corrected chi connectivity index (χ4v) is 0.510. The Bertz CT molecular complexity index is 19.1. The summed E-state index contributed by atoms with van der Waals surface area (Å²) in [7, 11) is 0. The van der Waals surface area contributed by atoms with Crippen molar-refractivity contribution in [3.05, 3.63) is 0 Å². The Hall–Kier alpha value is 0.492. The molecule has 1 rings (SSSR count). The minimum absolute atomic E-state index is 0. The fraction of sp³-hybridized carbons (Fsp3) is 1.00. The second-order valence-corrected chi connectivity index (χ2v) is 1.32. The summed E-state index contributed by atoms with van der Waals surface area (Å²) in [4.78, 5) is 0. The third kappa shape index (κ3) is 1.82. The lowest BCUT2D eigenvalue weighted by atomic mass is 10.4. The Labute approximate surface area is 48.8 Å². The fourth-order valence-electron chi connectivity index (χ4n) is 0.510. The molecule has 0 aromatic heterocycles. The third-order valence-electron chi connectivity index (χ3n) is 0.827. The van der Waals surface area contributed by atoms with Gasteiger partial charge in [0.1, 0.15) is 0 Å². The Morgan fingerprint density at radius 3 is 1.67 bits per heavy atom. The van der Waals surface area contributed by atoms with Crippen molar-refractivity contribution in [2.45, 2.75) is 12.8 Å². The van der Waals surface area contributed by atoms with E-state index in [-0.39, 0.29) is 17.4 Å². The highest BCUT2D eigenvalue weighted by Gasteiger charge is 1.94. The topological polar surface area (TPSA) is 9.23 Å². The number of ether oxygens (including phenoxy) is 1. The van der Waals surface area contributed by atoms with Gasteiger partial charge < -0.3 is 4.74 Å². The molecule has 3 radical (unpaired) electrons. The van der Waals surface area contributed by atoms with Gasteiger partial charge in [0.05, 0.1) is 0 Å². The molecule has 0 aromatic rings. The van der Waals surface area contributed by atoms with Crippen LogP contribution in [0.15, 0.2) is 0 Å². The molecule has 6 heavy (non-hydrogen) atoms. The smallest absolute Gasteiger partial charge is 0.0466 e. The molecule has 1 fully saturated rings. The average molecular weight is 99.1 g/mol. The van der Waals surface area contributed by atoms with Crippen LogP contribution in [0.2, 0.25) is 0 Å². The van der Waals surface area contributed by atoms with E-state index in [1.54, 1.807) is 0 Å². The molecule has 0 unspecified atom stereocenters. The third-order valence-corrected chi connectivity index (χ3v) is 0.827. The first-order valence-corrected chi connectivity index (χ1v) is 2.08. The van der Waals surface area contributed by atoms with Gasteiger partial charge in [-0.25, -0.2) is 0 Å². The molecule has 1 aliphatic heterocycles.